The van der Waals surface area contributed by atoms with Crippen molar-refractivity contribution in [3.05, 3.63) is 75.0 Å². The normalized spacial score (nSPS) is 10.6. The summed E-state index contributed by atoms with van der Waals surface area (Å²) in [5.41, 5.74) is 5.00. The Kier molecular flexibility index (Phi) is 5.27. The average molecular weight is 409 g/mol. The first-order valence-corrected chi connectivity index (χ1v) is 8.33. The highest BCUT2D eigenvalue weighted by Gasteiger charge is 2.06. The summed E-state index contributed by atoms with van der Waals surface area (Å²) in [6.07, 6.45) is 1.57. The number of halogens is 2. The number of nitrogens with one attached hydrogen (secondary N) is 2. The molecule has 5 nitrogen and oxygen atoms in total. The van der Waals surface area contributed by atoms with Gasteiger partial charge in [-0.15, -0.1) is 0 Å². The fraction of sp³-hybridized carbons (Fsp3) is 0.125. The second kappa shape index (κ2) is 7.59. The molecule has 3 aromatic rings. The zero-order valence-electron chi connectivity index (χ0n) is 12.5. The minimum absolute atomic E-state index is 0.260. The molecule has 0 aliphatic heterocycles. The lowest BCUT2D eigenvalue weighted by molar-refractivity contribution is 0.303. The first-order chi connectivity index (χ1) is 11.6. The Morgan fingerprint density at radius 1 is 1.25 bits per heavy atom. The van der Waals surface area contributed by atoms with Crippen molar-refractivity contribution < 1.29 is 9.13 Å². The zero-order valence-corrected chi connectivity index (χ0v) is 14.9. The number of H-pyrrole nitrogens is 1. The van der Waals surface area contributed by atoms with Crippen molar-refractivity contribution in [2.75, 3.05) is 5.43 Å². The van der Waals surface area contributed by atoms with Crippen LogP contribution in [-0.2, 0) is 13.2 Å². The lowest BCUT2D eigenvalue weighted by Crippen LogP contribution is -2.14. The molecule has 1 heterocycles. The number of hydrogen-bond donors (Lipinski definition) is 2. The van der Waals surface area contributed by atoms with Crippen LogP contribution in [0, 0.1) is 10.6 Å². The highest BCUT2D eigenvalue weighted by Crippen LogP contribution is 2.24. The average Bonchev–Trinajstić information content (AvgIpc) is 2.98. The maximum absolute atomic E-state index is 13.0. The van der Waals surface area contributed by atoms with Gasteiger partial charge in [0, 0.05) is 10.0 Å². The van der Waals surface area contributed by atoms with Crippen molar-refractivity contribution in [1.82, 2.24) is 14.9 Å². The summed E-state index contributed by atoms with van der Waals surface area (Å²) in [4.78, 5) is 0. The third-order valence-corrected chi connectivity index (χ3v) is 4.10. The van der Waals surface area contributed by atoms with Crippen molar-refractivity contribution in [2.45, 2.75) is 13.2 Å². The molecule has 2 N–H and O–H groups in total. The van der Waals surface area contributed by atoms with Crippen LogP contribution < -0.4 is 10.2 Å². The maximum Gasteiger partial charge on any atom is 0.214 e. The standard InChI is InChI=1S/C16H14BrFN4OS/c17-13-3-6-15(23-9-11-1-4-14(18)5-2-11)12(7-13)8-20-22-10-19-21-16(22)24/h1-7,10,20H,8-9H2,(H,21,24). The number of nitrogens with zero attached hydrogens (tertiary/aromatic N) is 2. The SMILES string of the molecule is Fc1ccc(COc2ccc(Br)cc2CNn2cn[nH]c2=S)cc1. The largest absolute Gasteiger partial charge is 0.489 e. The van der Waals surface area contributed by atoms with Gasteiger partial charge >= 0.3 is 0 Å². The van der Waals surface area contributed by atoms with Crippen molar-refractivity contribution in [2.24, 2.45) is 0 Å². The van der Waals surface area contributed by atoms with Gasteiger partial charge in [-0.2, -0.15) is 5.10 Å². The highest BCUT2D eigenvalue weighted by molar-refractivity contribution is 9.10. The van der Waals surface area contributed by atoms with E-state index in [0.29, 0.717) is 17.9 Å². The summed E-state index contributed by atoms with van der Waals surface area (Å²) < 4.78 is 21.9. The summed E-state index contributed by atoms with van der Waals surface area (Å²) in [5, 5.41) is 6.53. The molecule has 0 saturated carbocycles. The van der Waals surface area contributed by atoms with E-state index in [-0.39, 0.29) is 5.82 Å². The predicted octanol–water partition coefficient (Wildman–Crippen LogP) is 4.16. The number of aromatic amines is 1. The molecule has 0 aliphatic rings. The molecule has 2 aromatic carbocycles. The molecule has 0 radical (unpaired) electrons. The van der Waals surface area contributed by atoms with Gasteiger partial charge in [-0.1, -0.05) is 28.1 Å². The van der Waals surface area contributed by atoms with E-state index in [1.54, 1.807) is 23.1 Å². The first kappa shape index (κ1) is 16.7. The molecule has 0 spiro atoms. The highest BCUT2D eigenvalue weighted by atomic mass is 79.9. The van der Waals surface area contributed by atoms with E-state index >= 15 is 0 Å². The Bertz CT molecular complexity index is 878. The number of benzene rings is 2. The van der Waals surface area contributed by atoms with Crippen LogP contribution in [0.5, 0.6) is 5.75 Å². The molecule has 8 heteroatoms. The van der Waals surface area contributed by atoms with Gasteiger partial charge < -0.3 is 10.2 Å². The van der Waals surface area contributed by atoms with Gasteiger partial charge in [0.15, 0.2) is 0 Å². The Labute approximate surface area is 151 Å². The molecule has 0 fully saturated rings. The molecular weight excluding hydrogens is 395 g/mol. The Balaban J connectivity index is 1.71. The van der Waals surface area contributed by atoms with Crippen LogP contribution in [0.15, 0.2) is 53.3 Å². The van der Waals surface area contributed by atoms with Crippen LogP contribution in [-0.4, -0.2) is 14.9 Å². The Hall–Kier alpha value is -2.19. The summed E-state index contributed by atoms with van der Waals surface area (Å²) in [6.45, 7) is 0.867. The molecular formula is C16H14BrFN4OS. The van der Waals surface area contributed by atoms with E-state index in [9.17, 15) is 4.39 Å². The third-order valence-electron chi connectivity index (χ3n) is 3.32. The summed E-state index contributed by atoms with van der Waals surface area (Å²) in [7, 11) is 0. The minimum atomic E-state index is -0.260. The van der Waals surface area contributed by atoms with Crippen molar-refractivity contribution in [3.8, 4) is 5.75 Å². The molecule has 1 aromatic heterocycles. The van der Waals surface area contributed by atoms with Gasteiger partial charge in [0.25, 0.3) is 0 Å². The van der Waals surface area contributed by atoms with E-state index in [0.717, 1.165) is 21.3 Å². The number of ether oxygens (including phenoxy) is 1. The fourth-order valence-corrected chi connectivity index (χ4v) is 2.67. The Morgan fingerprint density at radius 2 is 2.04 bits per heavy atom. The first-order valence-electron chi connectivity index (χ1n) is 7.13. The van der Waals surface area contributed by atoms with Crippen molar-refractivity contribution in [3.63, 3.8) is 0 Å². The van der Waals surface area contributed by atoms with E-state index in [2.05, 4.69) is 31.6 Å². The summed E-state index contributed by atoms with van der Waals surface area (Å²) >= 11 is 8.56. The minimum Gasteiger partial charge on any atom is -0.489 e. The van der Waals surface area contributed by atoms with Gasteiger partial charge in [-0.3, -0.25) is 5.10 Å². The number of rotatable bonds is 6. The van der Waals surface area contributed by atoms with E-state index in [1.165, 1.54) is 12.1 Å². The Morgan fingerprint density at radius 3 is 2.75 bits per heavy atom. The van der Waals surface area contributed by atoms with Crippen LogP contribution in [0.25, 0.3) is 0 Å². The third kappa shape index (κ3) is 4.21. The van der Waals surface area contributed by atoms with Gasteiger partial charge in [0.2, 0.25) is 4.77 Å². The zero-order chi connectivity index (χ0) is 16.9. The molecule has 0 bridgehead atoms. The molecule has 0 aliphatic carbocycles. The second-order valence-corrected chi connectivity index (χ2v) is 6.34. The molecule has 0 saturated heterocycles. The molecule has 24 heavy (non-hydrogen) atoms. The fourth-order valence-electron chi connectivity index (χ4n) is 2.10. The molecule has 124 valence electrons. The lowest BCUT2D eigenvalue weighted by atomic mass is 10.2. The lowest BCUT2D eigenvalue weighted by Gasteiger charge is -2.13. The molecule has 0 amide bonds. The molecule has 3 rings (SSSR count). The van der Waals surface area contributed by atoms with E-state index in [1.807, 2.05) is 18.2 Å². The molecule has 0 unspecified atom stereocenters. The van der Waals surface area contributed by atoms with E-state index < -0.39 is 0 Å². The number of hydrogen-bond acceptors (Lipinski definition) is 4. The van der Waals surface area contributed by atoms with Crippen LogP contribution in [0.4, 0.5) is 4.39 Å². The predicted molar refractivity (Wildman–Crippen MR) is 95.4 cm³/mol. The van der Waals surface area contributed by atoms with Gasteiger partial charge in [0.05, 0.1) is 6.54 Å². The van der Waals surface area contributed by atoms with Crippen molar-refractivity contribution in [1.29, 1.82) is 0 Å². The van der Waals surface area contributed by atoms with Crippen LogP contribution in [0.3, 0.4) is 0 Å². The van der Waals surface area contributed by atoms with Gasteiger partial charge in [-0.25, -0.2) is 9.07 Å². The monoisotopic (exact) mass is 408 g/mol. The smallest absolute Gasteiger partial charge is 0.214 e. The summed E-state index contributed by atoms with van der Waals surface area (Å²) in [6, 6.07) is 12.0. The van der Waals surface area contributed by atoms with Crippen LogP contribution in [0.1, 0.15) is 11.1 Å². The second-order valence-electron chi connectivity index (χ2n) is 5.03. The van der Waals surface area contributed by atoms with Gasteiger partial charge in [0.1, 0.15) is 24.5 Å². The van der Waals surface area contributed by atoms with E-state index in [4.69, 9.17) is 17.0 Å². The van der Waals surface area contributed by atoms with Crippen LogP contribution >= 0.6 is 28.1 Å². The topological polar surface area (TPSA) is 54.9 Å². The van der Waals surface area contributed by atoms with Gasteiger partial charge in [-0.05, 0) is 48.1 Å². The summed E-state index contributed by atoms with van der Waals surface area (Å²) in [5.74, 6) is 0.481. The molecule has 0 atom stereocenters. The van der Waals surface area contributed by atoms with Crippen LogP contribution in [0.2, 0.25) is 0 Å². The maximum atomic E-state index is 13.0. The quantitative estimate of drug-likeness (QED) is 0.601. The van der Waals surface area contributed by atoms with Crippen molar-refractivity contribution >= 4 is 28.1 Å². The number of aromatic nitrogens is 3.